The molecule has 0 aliphatic rings. The number of aromatic nitrogens is 8. The monoisotopic (exact) mass is 830 g/mol. The predicted molar refractivity (Wildman–Crippen MR) is 244 cm³/mol. The van der Waals surface area contributed by atoms with Gasteiger partial charge in [-0.15, -0.1) is 8.93 Å². The molecule has 3 atom stereocenters. The van der Waals surface area contributed by atoms with Gasteiger partial charge in [-0.1, -0.05) is 84.9 Å². The summed E-state index contributed by atoms with van der Waals surface area (Å²) in [6.07, 6.45) is 3.69. The Labute approximate surface area is 359 Å². The molecule has 56 heavy (non-hydrogen) atoms. The van der Waals surface area contributed by atoms with E-state index >= 15 is 0 Å². The molecule has 4 N–H and O–H groups in total. The van der Waals surface area contributed by atoms with Gasteiger partial charge in [0.1, 0.15) is 30.0 Å². The van der Waals surface area contributed by atoms with Crippen molar-refractivity contribution in [1.29, 1.82) is 0 Å². The van der Waals surface area contributed by atoms with Crippen LogP contribution in [0.2, 0.25) is 0 Å². The van der Waals surface area contributed by atoms with Crippen molar-refractivity contribution in [2.75, 3.05) is 18.5 Å². The molecule has 8 rings (SSSR count). The molecule has 0 amide bonds. The van der Waals surface area contributed by atoms with E-state index in [4.69, 9.17) is 21.7 Å². The van der Waals surface area contributed by atoms with Crippen LogP contribution in [-0.4, -0.2) is 46.5 Å². The van der Waals surface area contributed by atoms with Gasteiger partial charge in [0.15, 0.2) is 11.3 Å². The first-order chi connectivity index (χ1) is 26.3. The standard InChI is InChI=1S/C20H21N5.C19H19N5.CH6NP2.Na.H3P2/c1-20(2,3)25-19-17(18(21)22-12-23-19)16(24-25)11-14-9-6-8-13-7-4-5-10-15(13)14;1-19(2,3)24-18-15(17(20)21-11-22-18)16(23-24)14-10-6-8-12-7-4-5-9-13(12)14;1-2-4-3;;1-2/h4-10,12H,11H2,1-3H3,(H2,21,22,23);4-11H,1-3H3,(H2,20,21,22);4H,3H2,1H3;;1H,2H2/q;;-1;+1;-1. The summed E-state index contributed by atoms with van der Waals surface area (Å²) in [5.41, 5.74) is 17.5. The molecular formula is C40H49N11NaP4-. The SMILES string of the molecule is CC(C)(C)n1nc(-c2cccc3ccccc23)c2c(N)ncnc21.CC(C)(C)n1nc(Cc2cccc3ccccc23)c2c(N)ncnc21.C[N-]PP.[Na+].[PH-]P. The third kappa shape index (κ3) is 10.1. The number of anilines is 2. The Balaban J connectivity index is 0.000000215. The van der Waals surface area contributed by atoms with Gasteiger partial charge in [0, 0.05) is 12.0 Å². The van der Waals surface area contributed by atoms with Crippen LogP contribution in [0.25, 0.3) is 60.0 Å². The third-order valence-electron chi connectivity index (χ3n) is 8.74. The minimum Gasteiger partial charge on any atom is -0.639 e. The first-order valence-corrected chi connectivity index (χ1v) is 22.7. The molecule has 3 unspecified atom stereocenters. The zero-order valence-electron chi connectivity index (χ0n) is 33.3. The van der Waals surface area contributed by atoms with Crippen LogP contribution in [-0.2, 0) is 17.5 Å². The Morgan fingerprint density at radius 3 is 1.70 bits per heavy atom. The Hall–Kier alpha value is -3.22. The van der Waals surface area contributed by atoms with Crippen molar-refractivity contribution >= 4 is 90.5 Å². The quantitative estimate of drug-likeness (QED) is 0.140. The van der Waals surface area contributed by atoms with Gasteiger partial charge in [-0.25, -0.2) is 37.7 Å². The van der Waals surface area contributed by atoms with Crippen LogP contribution in [0.5, 0.6) is 0 Å². The molecule has 0 saturated heterocycles. The summed E-state index contributed by atoms with van der Waals surface area (Å²) in [6.45, 7) is 12.6. The molecule has 0 aliphatic carbocycles. The maximum atomic E-state index is 6.19. The molecule has 0 aliphatic heterocycles. The third-order valence-corrected chi connectivity index (χ3v) is 9.78. The Morgan fingerprint density at radius 1 is 0.661 bits per heavy atom. The zero-order valence-corrected chi connectivity index (χ0v) is 39.6. The first-order valence-electron chi connectivity index (χ1n) is 17.6. The van der Waals surface area contributed by atoms with Gasteiger partial charge >= 0.3 is 29.6 Å². The molecule has 0 bridgehead atoms. The summed E-state index contributed by atoms with van der Waals surface area (Å²) in [7, 11) is 10.1. The molecule has 0 spiro atoms. The van der Waals surface area contributed by atoms with Gasteiger partial charge in [0.25, 0.3) is 0 Å². The van der Waals surface area contributed by atoms with E-state index in [-0.39, 0.29) is 40.6 Å². The van der Waals surface area contributed by atoms with E-state index in [1.54, 1.807) is 7.05 Å². The number of benzene rings is 4. The maximum Gasteiger partial charge on any atom is 1.00 e. The predicted octanol–water partition coefficient (Wildman–Crippen LogP) is 7.19. The number of rotatable bonds is 4. The average Bonchev–Trinajstić information content (AvgIpc) is 3.77. The molecule has 16 heteroatoms. The van der Waals surface area contributed by atoms with Crippen molar-refractivity contribution in [2.45, 2.75) is 59.0 Å². The van der Waals surface area contributed by atoms with Crippen molar-refractivity contribution < 1.29 is 29.6 Å². The number of nitrogens with two attached hydrogens (primary N) is 2. The second-order valence-corrected chi connectivity index (χ2v) is 16.1. The van der Waals surface area contributed by atoms with Crippen molar-refractivity contribution in [3.63, 3.8) is 0 Å². The van der Waals surface area contributed by atoms with Crippen molar-refractivity contribution in [3.8, 4) is 11.3 Å². The van der Waals surface area contributed by atoms with Gasteiger partial charge in [-0.2, -0.15) is 17.2 Å². The molecule has 0 saturated carbocycles. The average molecular weight is 831 g/mol. The summed E-state index contributed by atoms with van der Waals surface area (Å²) in [4.78, 5) is 17.2. The number of fused-ring (bicyclic) bond motifs is 4. The summed E-state index contributed by atoms with van der Waals surface area (Å²) in [6, 6.07) is 29.2. The normalized spacial score (nSPS) is 11.5. The van der Waals surface area contributed by atoms with Gasteiger partial charge in [0.05, 0.1) is 27.5 Å². The Kier molecular flexibility index (Phi) is 16.2. The van der Waals surface area contributed by atoms with E-state index in [2.05, 4.69) is 160 Å². The van der Waals surface area contributed by atoms with E-state index in [1.807, 2.05) is 27.6 Å². The van der Waals surface area contributed by atoms with E-state index in [0.717, 1.165) is 44.4 Å². The van der Waals surface area contributed by atoms with E-state index in [0.29, 0.717) is 26.5 Å². The van der Waals surface area contributed by atoms with Crippen LogP contribution < -0.4 is 41.0 Å². The largest absolute Gasteiger partial charge is 1.00 e. The fourth-order valence-corrected chi connectivity index (χ4v) is 6.33. The number of hydrogen-bond acceptors (Lipinski definition) is 8. The molecular weight excluding hydrogens is 781 g/mol. The van der Waals surface area contributed by atoms with Gasteiger partial charge in [-0.05, 0) is 68.7 Å². The second-order valence-electron chi connectivity index (χ2n) is 14.6. The molecule has 0 radical (unpaired) electrons. The first kappa shape index (κ1) is 45.5. The zero-order chi connectivity index (χ0) is 39.9. The summed E-state index contributed by atoms with van der Waals surface area (Å²) in [5, 5.41) is 19.9. The second kappa shape index (κ2) is 20.0. The summed E-state index contributed by atoms with van der Waals surface area (Å²) >= 11 is 0. The molecule has 4 aromatic carbocycles. The fourth-order valence-electron chi connectivity index (χ4n) is 6.33. The van der Waals surface area contributed by atoms with Crippen molar-refractivity contribution in [3.05, 3.63) is 114 Å². The molecule has 0 fully saturated rings. The van der Waals surface area contributed by atoms with Crippen LogP contribution in [0, 0.1) is 0 Å². The minimum atomic E-state index is -0.206. The molecule has 286 valence electrons. The number of hydrogen-bond donors (Lipinski definition) is 2. The number of nitrogens with zero attached hydrogens (tertiary/aromatic N) is 9. The van der Waals surface area contributed by atoms with Crippen LogP contribution in [0.3, 0.4) is 0 Å². The Bertz CT molecular complexity index is 2530. The molecule has 8 aromatic rings. The summed E-state index contributed by atoms with van der Waals surface area (Å²) in [5.74, 6) is 0.939. The van der Waals surface area contributed by atoms with Crippen molar-refractivity contribution in [2.24, 2.45) is 0 Å². The molecule has 11 nitrogen and oxygen atoms in total. The molecule has 4 aromatic heterocycles. The van der Waals surface area contributed by atoms with E-state index in [1.165, 1.54) is 34.4 Å². The van der Waals surface area contributed by atoms with Gasteiger partial charge < -0.3 is 34.4 Å². The van der Waals surface area contributed by atoms with Crippen LogP contribution in [0.4, 0.5) is 11.6 Å². The van der Waals surface area contributed by atoms with Crippen molar-refractivity contribution in [1.82, 2.24) is 39.5 Å². The smallest absolute Gasteiger partial charge is 0.639 e. The fraction of sp³-hybridized carbons (Fsp3) is 0.250. The maximum absolute atomic E-state index is 6.19. The minimum absolute atomic E-state index is 0. The van der Waals surface area contributed by atoms with Crippen LogP contribution >= 0.6 is 35.2 Å². The van der Waals surface area contributed by atoms with Crippen LogP contribution in [0.1, 0.15) is 52.8 Å². The topological polar surface area (TPSA) is 153 Å². The molecule has 4 heterocycles. The van der Waals surface area contributed by atoms with Gasteiger partial charge in [0.2, 0.25) is 0 Å². The van der Waals surface area contributed by atoms with Crippen LogP contribution in [0.15, 0.2) is 97.6 Å². The van der Waals surface area contributed by atoms with E-state index < -0.39 is 0 Å². The Morgan fingerprint density at radius 2 is 1.12 bits per heavy atom. The number of nitrogen functional groups attached to an aromatic ring is 2. The summed E-state index contributed by atoms with van der Waals surface area (Å²) < 4.78 is 3.87. The van der Waals surface area contributed by atoms with E-state index in [9.17, 15) is 0 Å². The van der Waals surface area contributed by atoms with Gasteiger partial charge in [-0.3, -0.25) is 0 Å².